The Hall–Kier alpha value is -3.68. The number of amides is 5. The third kappa shape index (κ3) is 4.03. The van der Waals surface area contributed by atoms with Crippen LogP contribution in [0.15, 0.2) is 54.6 Å². The van der Waals surface area contributed by atoms with Gasteiger partial charge in [-0.3, -0.25) is 19.8 Å². The molecular formula is C22H24N4O4. The second kappa shape index (κ2) is 8.77. The first-order valence-electron chi connectivity index (χ1n) is 9.74. The molecular weight excluding hydrogens is 384 g/mol. The first-order chi connectivity index (χ1) is 14.4. The third-order valence-electron chi connectivity index (χ3n) is 5.15. The molecule has 3 rings (SSSR count). The molecule has 30 heavy (non-hydrogen) atoms. The molecule has 0 aromatic heterocycles. The fourth-order valence-corrected chi connectivity index (χ4v) is 3.43. The number of carbonyl (C=O) groups is 4. The predicted molar refractivity (Wildman–Crippen MR) is 110 cm³/mol. The summed E-state index contributed by atoms with van der Waals surface area (Å²) in [6, 6.07) is 15.3. The molecule has 0 bridgehead atoms. The molecule has 1 unspecified atom stereocenters. The lowest BCUT2D eigenvalue weighted by Crippen LogP contribution is -2.49. The van der Waals surface area contributed by atoms with E-state index in [0.29, 0.717) is 22.6 Å². The molecule has 8 heteroatoms. The third-order valence-corrected chi connectivity index (χ3v) is 5.15. The van der Waals surface area contributed by atoms with Crippen molar-refractivity contribution >= 4 is 23.8 Å². The molecule has 0 aliphatic carbocycles. The molecule has 1 saturated heterocycles. The summed E-state index contributed by atoms with van der Waals surface area (Å²) in [7, 11) is 0. The zero-order valence-corrected chi connectivity index (χ0v) is 16.9. The van der Waals surface area contributed by atoms with E-state index in [9.17, 15) is 19.2 Å². The van der Waals surface area contributed by atoms with E-state index in [4.69, 9.17) is 0 Å². The van der Waals surface area contributed by atoms with E-state index in [2.05, 4.69) is 16.1 Å². The summed E-state index contributed by atoms with van der Waals surface area (Å²) in [5.74, 6) is -1.38. The molecule has 8 nitrogen and oxygen atoms in total. The smallest absolute Gasteiger partial charge is 0.344 e. The van der Waals surface area contributed by atoms with Gasteiger partial charge < -0.3 is 10.6 Å². The summed E-state index contributed by atoms with van der Waals surface area (Å²) in [6.07, 6.45) is 0.250. The molecule has 0 radical (unpaired) electrons. The second-order valence-corrected chi connectivity index (χ2v) is 7.05. The van der Waals surface area contributed by atoms with Crippen LogP contribution in [0.3, 0.4) is 0 Å². The highest BCUT2D eigenvalue weighted by Crippen LogP contribution is 2.31. The van der Waals surface area contributed by atoms with E-state index in [0.717, 1.165) is 5.56 Å². The number of hydrazine groups is 1. The van der Waals surface area contributed by atoms with E-state index >= 15 is 0 Å². The fourth-order valence-electron chi connectivity index (χ4n) is 3.43. The van der Waals surface area contributed by atoms with Crippen LogP contribution in [-0.2, 0) is 15.1 Å². The Balaban J connectivity index is 1.59. The Morgan fingerprint density at radius 1 is 1.03 bits per heavy atom. The number of hydrogen-bond acceptors (Lipinski definition) is 4. The molecule has 1 aliphatic rings. The average molecular weight is 408 g/mol. The van der Waals surface area contributed by atoms with Crippen LogP contribution < -0.4 is 16.1 Å². The van der Waals surface area contributed by atoms with Crippen LogP contribution >= 0.6 is 0 Å². The van der Waals surface area contributed by atoms with E-state index in [1.54, 1.807) is 43.3 Å². The maximum absolute atomic E-state index is 13.0. The van der Waals surface area contributed by atoms with Crippen LogP contribution in [0, 0.1) is 6.92 Å². The number of aryl methyl sites for hydroxylation is 1. The van der Waals surface area contributed by atoms with Gasteiger partial charge in [0.05, 0.1) is 0 Å². The first kappa shape index (κ1) is 21.0. The summed E-state index contributed by atoms with van der Waals surface area (Å²) >= 11 is 0. The van der Waals surface area contributed by atoms with Crippen LogP contribution in [0.25, 0.3) is 0 Å². The predicted octanol–water partition coefficient (Wildman–Crippen LogP) is 2.00. The van der Waals surface area contributed by atoms with Gasteiger partial charge in [-0.25, -0.2) is 4.79 Å². The summed E-state index contributed by atoms with van der Waals surface area (Å²) in [4.78, 5) is 49.8. The van der Waals surface area contributed by atoms with E-state index in [1.807, 2.05) is 25.1 Å². The maximum Gasteiger partial charge on any atom is 0.344 e. The van der Waals surface area contributed by atoms with Crippen LogP contribution in [0.2, 0.25) is 0 Å². The monoisotopic (exact) mass is 408 g/mol. The number of carbonyl (C=O) groups excluding carboxylic acids is 4. The highest BCUT2D eigenvalue weighted by molar-refractivity contribution is 6.08. The van der Waals surface area contributed by atoms with Crippen molar-refractivity contribution < 1.29 is 19.2 Å². The van der Waals surface area contributed by atoms with Gasteiger partial charge in [-0.15, -0.1) is 0 Å². The minimum absolute atomic E-state index is 0.0697. The van der Waals surface area contributed by atoms with Crippen molar-refractivity contribution in [1.82, 2.24) is 21.1 Å². The van der Waals surface area contributed by atoms with Gasteiger partial charge in [-0.2, -0.15) is 5.01 Å². The average Bonchev–Trinajstić information content (AvgIpc) is 2.99. The minimum atomic E-state index is -1.22. The summed E-state index contributed by atoms with van der Waals surface area (Å²) < 4.78 is 0. The van der Waals surface area contributed by atoms with Crippen LogP contribution in [0.5, 0.6) is 0 Å². The topological polar surface area (TPSA) is 108 Å². The number of urea groups is 1. The number of hydrogen-bond donors (Lipinski definition) is 3. The normalized spacial score (nSPS) is 18.1. The second-order valence-electron chi connectivity index (χ2n) is 7.05. The van der Waals surface area contributed by atoms with E-state index in [1.165, 1.54) is 0 Å². The number of nitrogens with one attached hydrogen (secondary N) is 3. The van der Waals surface area contributed by atoms with Gasteiger partial charge in [0.1, 0.15) is 5.54 Å². The Bertz CT molecular complexity index is 976. The highest BCUT2D eigenvalue weighted by atomic mass is 16.2. The lowest BCUT2D eigenvalue weighted by Gasteiger charge is -2.25. The Morgan fingerprint density at radius 3 is 2.37 bits per heavy atom. The molecule has 5 amide bonds. The number of imide groups is 1. The SMILES string of the molecule is CCC1(c2ccccc2)NC(=O)N(NC(=O)CCNC(=O)c2ccccc2C)C1=O. The van der Waals surface area contributed by atoms with Crippen molar-refractivity contribution in [3.05, 3.63) is 71.3 Å². The summed E-state index contributed by atoms with van der Waals surface area (Å²) in [5.41, 5.74) is 3.13. The molecule has 2 aromatic rings. The Morgan fingerprint density at radius 2 is 1.70 bits per heavy atom. The zero-order chi connectivity index (χ0) is 21.7. The van der Waals surface area contributed by atoms with E-state index in [-0.39, 0.29) is 18.9 Å². The summed E-state index contributed by atoms with van der Waals surface area (Å²) in [6.45, 7) is 3.68. The van der Waals surface area contributed by atoms with Crippen LogP contribution in [0.4, 0.5) is 4.79 Å². The lowest BCUT2D eigenvalue weighted by atomic mass is 9.87. The standard InChI is InChI=1S/C22H24N4O4/c1-3-22(16-10-5-4-6-11-16)20(29)26(21(30)24-22)25-18(27)13-14-23-19(28)17-12-8-7-9-15(17)2/h4-12H,3,13-14H2,1-2H3,(H,23,28)(H,24,30)(H,25,27). The van der Waals surface area contributed by atoms with E-state index < -0.39 is 23.4 Å². The van der Waals surface area contributed by atoms with Gasteiger partial charge in [0.15, 0.2) is 0 Å². The quantitative estimate of drug-likeness (QED) is 0.609. The minimum Gasteiger partial charge on any atom is -0.352 e. The van der Waals surface area contributed by atoms with Gasteiger partial charge >= 0.3 is 6.03 Å². The fraction of sp³-hybridized carbons (Fsp3) is 0.273. The van der Waals surface area contributed by atoms with Crippen LogP contribution in [0.1, 0.15) is 41.3 Å². The van der Waals surface area contributed by atoms with Crippen molar-refractivity contribution in [3.8, 4) is 0 Å². The van der Waals surface area contributed by atoms with Crippen molar-refractivity contribution in [1.29, 1.82) is 0 Å². The van der Waals surface area contributed by atoms with Gasteiger partial charge in [0.2, 0.25) is 5.91 Å². The number of benzene rings is 2. The van der Waals surface area contributed by atoms with Crippen molar-refractivity contribution in [3.63, 3.8) is 0 Å². The molecule has 3 N–H and O–H groups in total. The molecule has 2 aromatic carbocycles. The molecule has 0 saturated carbocycles. The van der Waals surface area contributed by atoms with Crippen molar-refractivity contribution in [2.75, 3.05) is 6.54 Å². The maximum atomic E-state index is 13.0. The molecule has 1 fully saturated rings. The molecule has 1 heterocycles. The number of rotatable bonds is 7. The van der Waals surface area contributed by atoms with Crippen molar-refractivity contribution in [2.45, 2.75) is 32.2 Å². The summed E-state index contributed by atoms with van der Waals surface area (Å²) in [5, 5.41) is 6.07. The molecule has 1 atom stereocenters. The molecule has 156 valence electrons. The largest absolute Gasteiger partial charge is 0.352 e. The first-order valence-corrected chi connectivity index (χ1v) is 9.74. The van der Waals surface area contributed by atoms with Gasteiger partial charge in [0.25, 0.3) is 11.8 Å². The molecule has 1 aliphatic heterocycles. The molecule has 0 spiro atoms. The number of nitrogens with zero attached hydrogens (tertiary/aromatic N) is 1. The van der Waals surface area contributed by atoms with Crippen LogP contribution in [-0.4, -0.2) is 35.3 Å². The highest BCUT2D eigenvalue weighted by Gasteiger charge is 2.52. The van der Waals surface area contributed by atoms with Gasteiger partial charge in [-0.1, -0.05) is 55.5 Å². The van der Waals surface area contributed by atoms with Gasteiger partial charge in [-0.05, 0) is 30.5 Å². The zero-order valence-electron chi connectivity index (χ0n) is 16.9. The van der Waals surface area contributed by atoms with Crippen molar-refractivity contribution in [2.24, 2.45) is 0 Å². The Labute approximate surface area is 174 Å². The van der Waals surface area contributed by atoms with Gasteiger partial charge in [0, 0.05) is 18.5 Å². The Kier molecular flexibility index (Phi) is 6.15. The lowest BCUT2D eigenvalue weighted by molar-refractivity contribution is -0.139.